The van der Waals surface area contributed by atoms with E-state index in [1.807, 2.05) is 11.8 Å². The van der Waals surface area contributed by atoms with E-state index in [1.165, 1.54) is 12.8 Å². The summed E-state index contributed by atoms with van der Waals surface area (Å²) in [6.45, 7) is 4.17. The van der Waals surface area contributed by atoms with E-state index < -0.39 is 0 Å². The van der Waals surface area contributed by atoms with Crippen molar-refractivity contribution in [3.05, 3.63) is 0 Å². The number of carbonyl (C=O) groups is 1. The van der Waals surface area contributed by atoms with Crippen LogP contribution in [-0.4, -0.2) is 42.6 Å². The summed E-state index contributed by atoms with van der Waals surface area (Å²) in [7, 11) is 0. The molecular weight excluding hydrogens is 252 g/mol. The Balaban J connectivity index is 0.00000162. The van der Waals surface area contributed by atoms with Crippen molar-refractivity contribution in [3.63, 3.8) is 0 Å². The summed E-state index contributed by atoms with van der Waals surface area (Å²) in [4.78, 5) is 14.1. The van der Waals surface area contributed by atoms with Crippen LogP contribution < -0.4 is 5.73 Å². The van der Waals surface area contributed by atoms with Crippen molar-refractivity contribution in [2.24, 2.45) is 11.7 Å². The molecule has 18 heavy (non-hydrogen) atoms. The number of hydrogen-bond donors (Lipinski definition) is 1. The van der Waals surface area contributed by atoms with Gasteiger partial charge in [0.05, 0.1) is 12.7 Å². The summed E-state index contributed by atoms with van der Waals surface area (Å²) in [6, 6.07) is 0.228. The smallest absolute Gasteiger partial charge is 0.223 e. The number of halogens is 1. The Kier molecular flexibility index (Phi) is 6.39. The van der Waals surface area contributed by atoms with E-state index in [1.54, 1.807) is 0 Å². The molecule has 0 radical (unpaired) electrons. The molecule has 1 amide bonds. The highest BCUT2D eigenvalue weighted by atomic mass is 35.5. The number of carbonyl (C=O) groups excluding carboxylic acids is 1. The van der Waals surface area contributed by atoms with Gasteiger partial charge in [-0.3, -0.25) is 4.79 Å². The summed E-state index contributed by atoms with van der Waals surface area (Å²) in [6.07, 6.45) is 5.46. The average Bonchev–Trinajstić information content (AvgIpc) is 2.32. The van der Waals surface area contributed by atoms with Gasteiger partial charge in [0.2, 0.25) is 5.91 Å². The topological polar surface area (TPSA) is 55.6 Å². The van der Waals surface area contributed by atoms with Gasteiger partial charge in [0.25, 0.3) is 0 Å². The zero-order chi connectivity index (χ0) is 12.3. The van der Waals surface area contributed by atoms with Crippen LogP contribution in [0.2, 0.25) is 0 Å². The van der Waals surface area contributed by atoms with Gasteiger partial charge in [-0.2, -0.15) is 0 Å². The molecule has 2 N–H and O–H groups in total. The number of rotatable bonds is 2. The number of morpholine rings is 1. The van der Waals surface area contributed by atoms with Gasteiger partial charge in [0.15, 0.2) is 0 Å². The van der Waals surface area contributed by atoms with Crippen LogP contribution in [0.1, 0.15) is 39.0 Å². The van der Waals surface area contributed by atoms with Crippen LogP contribution in [0, 0.1) is 5.92 Å². The maximum Gasteiger partial charge on any atom is 0.223 e. The Hall–Kier alpha value is -0.320. The van der Waals surface area contributed by atoms with E-state index in [2.05, 4.69) is 0 Å². The summed E-state index contributed by atoms with van der Waals surface area (Å²) in [5, 5.41) is 0. The quantitative estimate of drug-likeness (QED) is 0.833. The van der Waals surface area contributed by atoms with Crippen LogP contribution in [0.3, 0.4) is 0 Å². The highest BCUT2D eigenvalue weighted by Crippen LogP contribution is 2.26. The van der Waals surface area contributed by atoms with E-state index >= 15 is 0 Å². The fourth-order valence-electron chi connectivity index (χ4n) is 2.89. The molecule has 5 heteroatoms. The zero-order valence-electron chi connectivity index (χ0n) is 11.1. The third-order valence-electron chi connectivity index (χ3n) is 4.00. The fourth-order valence-corrected chi connectivity index (χ4v) is 2.89. The summed E-state index contributed by atoms with van der Waals surface area (Å²) in [5.41, 5.74) is 6.09. The first-order valence-corrected chi connectivity index (χ1v) is 6.82. The SMILES string of the molecule is CC1CN(C(=O)CC2CCCCC2N)CCO1.Cl. The maximum absolute atomic E-state index is 12.2. The highest BCUT2D eigenvalue weighted by Gasteiger charge is 2.28. The molecule has 106 valence electrons. The van der Waals surface area contributed by atoms with Crippen LogP contribution in [0.4, 0.5) is 0 Å². The molecule has 1 saturated heterocycles. The highest BCUT2D eigenvalue weighted by molar-refractivity contribution is 5.85. The Morgan fingerprint density at radius 2 is 2.11 bits per heavy atom. The lowest BCUT2D eigenvalue weighted by Crippen LogP contribution is -2.46. The first-order valence-electron chi connectivity index (χ1n) is 6.82. The first kappa shape index (κ1) is 15.7. The molecule has 0 bridgehead atoms. The van der Waals surface area contributed by atoms with Gasteiger partial charge in [-0.15, -0.1) is 12.4 Å². The maximum atomic E-state index is 12.2. The molecule has 0 aromatic carbocycles. The molecule has 2 fully saturated rings. The van der Waals surface area contributed by atoms with E-state index in [9.17, 15) is 4.79 Å². The largest absolute Gasteiger partial charge is 0.375 e. The van der Waals surface area contributed by atoms with Gasteiger partial charge >= 0.3 is 0 Å². The fraction of sp³-hybridized carbons (Fsp3) is 0.923. The Morgan fingerprint density at radius 3 is 2.78 bits per heavy atom. The lowest BCUT2D eigenvalue weighted by atomic mass is 9.82. The molecule has 3 unspecified atom stereocenters. The lowest BCUT2D eigenvalue weighted by molar-refractivity contribution is -0.139. The number of ether oxygens (including phenoxy) is 1. The molecule has 2 aliphatic rings. The minimum Gasteiger partial charge on any atom is -0.375 e. The van der Waals surface area contributed by atoms with Crippen molar-refractivity contribution >= 4 is 18.3 Å². The standard InChI is InChI=1S/C13H24N2O2.ClH/c1-10-9-15(6-7-17-10)13(16)8-11-4-2-3-5-12(11)14;/h10-12H,2-9,14H2,1H3;1H. The molecule has 2 rings (SSSR count). The van der Waals surface area contributed by atoms with Gasteiger partial charge < -0.3 is 15.4 Å². The average molecular weight is 277 g/mol. The second-order valence-corrected chi connectivity index (χ2v) is 5.43. The molecule has 1 saturated carbocycles. The zero-order valence-corrected chi connectivity index (χ0v) is 12.0. The number of nitrogens with two attached hydrogens (primary N) is 1. The van der Waals surface area contributed by atoms with Gasteiger partial charge in [-0.1, -0.05) is 12.8 Å². The second-order valence-electron chi connectivity index (χ2n) is 5.43. The summed E-state index contributed by atoms with van der Waals surface area (Å²) < 4.78 is 5.45. The Bertz CT molecular complexity index is 276. The van der Waals surface area contributed by atoms with Crippen molar-refractivity contribution in [1.29, 1.82) is 0 Å². The van der Waals surface area contributed by atoms with E-state index in [0.717, 1.165) is 25.9 Å². The van der Waals surface area contributed by atoms with Crippen molar-refractivity contribution in [1.82, 2.24) is 4.90 Å². The van der Waals surface area contributed by atoms with Gasteiger partial charge in [0, 0.05) is 25.6 Å². The third kappa shape index (κ3) is 4.11. The molecule has 0 aromatic rings. The van der Waals surface area contributed by atoms with Crippen molar-refractivity contribution < 1.29 is 9.53 Å². The number of amides is 1. The first-order chi connectivity index (χ1) is 8.16. The normalized spacial score (nSPS) is 32.8. The molecule has 4 nitrogen and oxygen atoms in total. The third-order valence-corrected chi connectivity index (χ3v) is 4.00. The molecular formula is C13H25ClN2O2. The molecule has 0 aromatic heterocycles. The van der Waals surface area contributed by atoms with Crippen LogP contribution in [0.5, 0.6) is 0 Å². The molecule has 1 aliphatic carbocycles. The summed E-state index contributed by atoms with van der Waals surface area (Å²) in [5.74, 6) is 0.664. The minimum absolute atomic E-state index is 0. The van der Waals surface area contributed by atoms with Gasteiger partial charge in [-0.25, -0.2) is 0 Å². The van der Waals surface area contributed by atoms with E-state index in [4.69, 9.17) is 10.5 Å². The van der Waals surface area contributed by atoms with Crippen molar-refractivity contribution in [2.75, 3.05) is 19.7 Å². The Labute approximate surface area is 116 Å². The predicted octanol–water partition coefficient (Wildman–Crippen LogP) is 1.56. The lowest BCUT2D eigenvalue weighted by Gasteiger charge is -2.34. The molecule has 0 spiro atoms. The molecule has 3 atom stereocenters. The van der Waals surface area contributed by atoms with Crippen LogP contribution in [0.25, 0.3) is 0 Å². The van der Waals surface area contributed by atoms with Crippen LogP contribution >= 0.6 is 12.4 Å². The predicted molar refractivity (Wildman–Crippen MR) is 73.8 cm³/mol. The summed E-state index contributed by atoms with van der Waals surface area (Å²) >= 11 is 0. The number of hydrogen-bond acceptors (Lipinski definition) is 3. The van der Waals surface area contributed by atoms with Crippen LogP contribution in [-0.2, 0) is 9.53 Å². The van der Waals surface area contributed by atoms with E-state index in [-0.39, 0.29) is 30.5 Å². The second kappa shape index (κ2) is 7.31. The Morgan fingerprint density at radius 1 is 1.39 bits per heavy atom. The molecule has 1 heterocycles. The van der Waals surface area contributed by atoms with E-state index in [0.29, 0.717) is 18.9 Å². The van der Waals surface area contributed by atoms with Gasteiger partial charge in [-0.05, 0) is 25.7 Å². The minimum atomic E-state index is 0. The van der Waals surface area contributed by atoms with Crippen LogP contribution in [0.15, 0.2) is 0 Å². The van der Waals surface area contributed by atoms with Crippen molar-refractivity contribution in [3.8, 4) is 0 Å². The van der Waals surface area contributed by atoms with Gasteiger partial charge in [0.1, 0.15) is 0 Å². The molecule has 1 aliphatic heterocycles. The number of nitrogens with zero attached hydrogens (tertiary/aromatic N) is 1. The van der Waals surface area contributed by atoms with Crippen molar-refractivity contribution in [2.45, 2.75) is 51.2 Å². The monoisotopic (exact) mass is 276 g/mol.